The Kier molecular flexibility index (Phi) is 5.44. The molecule has 30 heavy (non-hydrogen) atoms. The van der Waals surface area contributed by atoms with Crippen LogP contribution in [0.5, 0.6) is 0 Å². The van der Waals surface area contributed by atoms with E-state index in [1.165, 1.54) is 17.2 Å². The molecule has 2 atom stereocenters. The van der Waals surface area contributed by atoms with Gasteiger partial charge in [0.15, 0.2) is 6.23 Å². The summed E-state index contributed by atoms with van der Waals surface area (Å²) in [4.78, 5) is 28.5. The van der Waals surface area contributed by atoms with E-state index >= 15 is 0 Å². The Labute approximate surface area is 171 Å². The number of rotatable bonds is 3. The summed E-state index contributed by atoms with van der Waals surface area (Å²) in [5, 5.41) is 12.9. The Balaban J connectivity index is 1.54. The second kappa shape index (κ2) is 8.04. The van der Waals surface area contributed by atoms with Crippen LogP contribution < -0.4 is 5.32 Å². The van der Waals surface area contributed by atoms with Crippen molar-refractivity contribution in [1.29, 1.82) is 0 Å². The highest BCUT2D eigenvalue weighted by Crippen LogP contribution is 2.29. The van der Waals surface area contributed by atoms with Crippen LogP contribution in [0.1, 0.15) is 12.5 Å². The first-order valence-corrected chi connectivity index (χ1v) is 9.49. The van der Waals surface area contributed by atoms with Gasteiger partial charge in [-0.1, -0.05) is 6.07 Å². The van der Waals surface area contributed by atoms with Crippen molar-refractivity contribution < 1.29 is 33.0 Å². The molecule has 2 saturated heterocycles. The van der Waals surface area contributed by atoms with Gasteiger partial charge in [0.1, 0.15) is 29.7 Å². The fourth-order valence-electron chi connectivity index (χ4n) is 3.69. The third-order valence-electron chi connectivity index (χ3n) is 5.12. The van der Waals surface area contributed by atoms with Crippen LogP contribution in [0, 0.1) is 11.6 Å². The first-order chi connectivity index (χ1) is 14.3. The maximum absolute atomic E-state index is 13.8. The number of amides is 2. The molecule has 1 aromatic carbocycles. The summed E-state index contributed by atoms with van der Waals surface area (Å²) in [5.74, 6) is -2.62. The molecule has 0 aromatic heterocycles. The molecule has 160 valence electrons. The van der Waals surface area contributed by atoms with Gasteiger partial charge in [0.25, 0.3) is 11.8 Å². The molecule has 1 aromatic rings. The molecular weight excluding hydrogens is 400 g/mol. The fraction of sp³-hybridized carbons (Fsp3) is 0.400. The minimum absolute atomic E-state index is 0.0403. The molecule has 0 bridgehead atoms. The lowest BCUT2D eigenvalue weighted by Crippen LogP contribution is -2.52. The molecule has 2 fully saturated rings. The first kappa shape index (κ1) is 20.3. The number of hydrogen-bond acceptors (Lipinski definition) is 6. The molecule has 3 heterocycles. The number of fused-ring (bicyclic) bond motifs is 2. The summed E-state index contributed by atoms with van der Waals surface area (Å²) in [6.45, 7) is 2.01. The summed E-state index contributed by atoms with van der Waals surface area (Å²) >= 11 is 0. The Bertz CT molecular complexity index is 948. The smallest absolute Gasteiger partial charge is 0.276 e. The predicted octanol–water partition coefficient (Wildman–Crippen LogP) is 1.15. The molecule has 0 spiro atoms. The molecule has 0 radical (unpaired) electrons. The van der Waals surface area contributed by atoms with Gasteiger partial charge in [0, 0.05) is 30.9 Å². The van der Waals surface area contributed by atoms with Crippen molar-refractivity contribution in [3.8, 4) is 0 Å². The van der Waals surface area contributed by atoms with Crippen LogP contribution in [0.4, 0.5) is 8.78 Å². The Hall–Kier alpha value is -2.98. The zero-order valence-electron chi connectivity index (χ0n) is 16.2. The van der Waals surface area contributed by atoms with E-state index in [1.54, 1.807) is 4.90 Å². The lowest BCUT2D eigenvalue weighted by Gasteiger charge is -2.38. The van der Waals surface area contributed by atoms with Gasteiger partial charge >= 0.3 is 0 Å². The van der Waals surface area contributed by atoms with Gasteiger partial charge in [-0.05, 0) is 13.0 Å². The van der Waals surface area contributed by atoms with Crippen LogP contribution in [0.25, 0.3) is 0 Å². The van der Waals surface area contributed by atoms with Crippen LogP contribution >= 0.6 is 0 Å². The average Bonchev–Trinajstić information content (AvgIpc) is 3.05. The van der Waals surface area contributed by atoms with Gasteiger partial charge < -0.3 is 29.7 Å². The first-order valence-electron chi connectivity index (χ1n) is 9.49. The van der Waals surface area contributed by atoms with Gasteiger partial charge in [-0.2, -0.15) is 0 Å². The van der Waals surface area contributed by atoms with Crippen LogP contribution in [0.2, 0.25) is 0 Å². The number of nitrogens with zero attached hydrogens (tertiary/aromatic N) is 2. The number of nitrogens with one attached hydrogen (secondary N) is 1. The van der Waals surface area contributed by atoms with Crippen molar-refractivity contribution in [1.82, 2.24) is 15.1 Å². The van der Waals surface area contributed by atoms with E-state index in [9.17, 15) is 23.5 Å². The molecule has 4 rings (SSSR count). The van der Waals surface area contributed by atoms with Crippen LogP contribution in [0.3, 0.4) is 0 Å². The van der Waals surface area contributed by atoms with Crippen molar-refractivity contribution in [2.24, 2.45) is 0 Å². The van der Waals surface area contributed by atoms with Crippen molar-refractivity contribution in [3.05, 3.63) is 58.6 Å². The quantitative estimate of drug-likeness (QED) is 0.761. The summed E-state index contributed by atoms with van der Waals surface area (Å²) in [6, 6.07) is 3.10. The van der Waals surface area contributed by atoms with Crippen molar-refractivity contribution >= 4 is 11.8 Å². The predicted molar refractivity (Wildman–Crippen MR) is 99.5 cm³/mol. The molecule has 1 unspecified atom stereocenters. The summed E-state index contributed by atoms with van der Waals surface area (Å²) in [6.07, 6.45) is 0.808. The van der Waals surface area contributed by atoms with Gasteiger partial charge in [-0.25, -0.2) is 8.78 Å². The summed E-state index contributed by atoms with van der Waals surface area (Å²) in [7, 11) is 0. The lowest BCUT2D eigenvalue weighted by atomic mass is 10.1. The standard InChI is InChI=1S/C20H21F2N3O5/c1-11-6-25-17(30-11)8-24-7-13(9-29-10-16(26)18(24)20(25)28)19(27)23-5-12-2-3-14(21)4-15(12)22/h2-4,7,11,17,26H,5-6,8-10H2,1H3,(H,23,27)/b13-7+,18-16+/t11-,17?/m1/s1. The van der Waals surface area contributed by atoms with Gasteiger partial charge in [-0.3, -0.25) is 9.59 Å². The van der Waals surface area contributed by atoms with E-state index in [2.05, 4.69) is 5.32 Å². The maximum Gasteiger partial charge on any atom is 0.276 e. The normalized spacial score (nSPS) is 28.2. The zero-order chi connectivity index (χ0) is 21.4. The SMILES string of the molecule is C[C@@H]1CN2C(=O)/C3=C(\O)COC/C(C(=O)NCc4ccc(F)cc4F)=C\N3CC2O1. The van der Waals surface area contributed by atoms with E-state index in [0.29, 0.717) is 6.54 Å². The summed E-state index contributed by atoms with van der Waals surface area (Å²) in [5.41, 5.74) is 0.362. The minimum atomic E-state index is -0.762. The maximum atomic E-state index is 13.8. The highest BCUT2D eigenvalue weighted by molar-refractivity contribution is 5.96. The van der Waals surface area contributed by atoms with Crippen LogP contribution in [-0.2, 0) is 25.6 Å². The number of ether oxygens (including phenoxy) is 2. The van der Waals surface area contributed by atoms with Crippen molar-refractivity contribution in [2.75, 3.05) is 26.3 Å². The number of carbonyl (C=O) groups excluding carboxylic acids is 2. The average molecular weight is 421 g/mol. The van der Waals surface area contributed by atoms with Crippen LogP contribution in [-0.4, -0.2) is 65.4 Å². The molecular formula is C20H21F2N3O5. The minimum Gasteiger partial charge on any atom is -0.507 e. The van der Waals surface area contributed by atoms with E-state index in [4.69, 9.17) is 9.47 Å². The molecule has 3 aliphatic rings. The molecule has 0 saturated carbocycles. The molecule has 3 aliphatic heterocycles. The number of carbonyl (C=O) groups is 2. The third-order valence-corrected chi connectivity index (χ3v) is 5.12. The third kappa shape index (κ3) is 3.88. The van der Waals surface area contributed by atoms with Crippen molar-refractivity contribution in [2.45, 2.75) is 25.8 Å². The molecule has 2 N–H and O–H groups in total. The molecule has 8 nitrogen and oxygen atoms in total. The Morgan fingerprint density at radius 3 is 2.87 bits per heavy atom. The molecule has 0 aliphatic carbocycles. The monoisotopic (exact) mass is 421 g/mol. The number of aliphatic hydroxyl groups excluding tert-OH is 1. The second-order valence-electron chi connectivity index (χ2n) is 7.37. The highest BCUT2D eigenvalue weighted by atomic mass is 19.1. The molecule has 2 amide bonds. The summed E-state index contributed by atoms with van der Waals surface area (Å²) < 4.78 is 37.9. The van der Waals surface area contributed by atoms with Crippen molar-refractivity contribution in [3.63, 3.8) is 0 Å². The zero-order valence-corrected chi connectivity index (χ0v) is 16.2. The van der Waals surface area contributed by atoms with Gasteiger partial charge in [0.2, 0.25) is 0 Å². The molecule has 10 heteroatoms. The number of hydrogen-bond donors (Lipinski definition) is 2. The Morgan fingerprint density at radius 2 is 2.10 bits per heavy atom. The number of aliphatic hydroxyl groups is 1. The fourth-order valence-corrected chi connectivity index (χ4v) is 3.69. The van der Waals surface area contributed by atoms with E-state index in [-0.39, 0.29) is 55.0 Å². The van der Waals surface area contributed by atoms with Crippen LogP contribution in [0.15, 0.2) is 41.4 Å². The number of halogens is 2. The number of piperazine rings is 1. The highest BCUT2D eigenvalue weighted by Gasteiger charge is 2.43. The number of benzene rings is 1. The Morgan fingerprint density at radius 1 is 1.30 bits per heavy atom. The lowest BCUT2D eigenvalue weighted by molar-refractivity contribution is -0.139. The van der Waals surface area contributed by atoms with Gasteiger partial charge in [0.05, 0.1) is 24.8 Å². The second-order valence-corrected chi connectivity index (χ2v) is 7.37. The largest absolute Gasteiger partial charge is 0.507 e. The topological polar surface area (TPSA) is 91.3 Å². The van der Waals surface area contributed by atoms with E-state index < -0.39 is 29.7 Å². The van der Waals surface area contributed by atoms with E-state index in [0.717, 1.165) is 12.1 Å². The van der Waals surface area contributed by atoms with E-state index in [1.807, 2.05) is 6.92 Å². The van der Waals surface area contributed by atoms with Gasteiger partial charge in [-0.15, -0.1) is 0 Å².